The molecule has 0 unspecified atom stereocenters. The van der Waals surface area contributed by atoms with Gasteiger partial charge in [-0.25, -0.2) is 4.98 Å². The van der Waals surface area contributed by atoms with Crippen LogP contribution in [-0.2, 0) is 18.3 Å². The van der Waals surface area contributed by atoms with Gasteiger partial charge in [-0.05, 0) is 41.6 Å². The molecule has 0 aliphatic carbocycles. The molecule has 0 spiro atoms. The molecule has 0 radical (unpaired) electrons. The zero-order valence-electron chi connectivity index (χ0n) is 14.8. The summed E-state index contributed by atoms with van der Waals surface area (Å²) < 4.78 is 1.74. The van der Waals surface area contributed by atoms with Crippen molar-refractivity contribution in [1.82, 2.24) is 24.7 Å². The predicted molar refractivity (Wildman–Crippen MR) is 103 cm³/mol. The molecular weight excluding hydrogens is 340 g/mol. The van der Waals surface area contributed by atoms with Crippen LogP contribution in [0.4, 0.5) is 5.82 Å². The summed E-state index contributed by atoms with van der Waals surface area (Å²) in [6.45, 7) is 0. The largest absolute Gasteiger partial charge is 0.311 e. The van der Waals surface area contributed by atoms with Gasteiger partial charge in [-0.2, -0.15) is 5.10 Å². The topological polar surface area (TPSA) is 85.6 Å². The Morgan fingerprint density at radius 2 is 1.89 bits per heavy atom. The Balaban J connectivity index is 1.49. The second-order valence-corrected chi connectivity index (χ2v) is 6.29. The number of rotatable bonds is 5. The summed E-state index contributed by atoms with van der Waals surface area (Å²) in [6.07, 6.45) is 11.7. The molecule has 27 heavy (non-hydrogen) atoms. The first kappa shape index (κ1) is 16.8. The Hall–Kier alpha value is -3.61. The number of anilines is 1. The molecule has 4 rings (SSSR count). The molecule has 0 fully saturated rings. The van der Waals surface area contributed by atoms with E-state index in [1.807, 2.05) is 37.5 Å². The number of nitrogens with one attached hydrogen (secondary N) is 1. The molecule has 0 saturated carbocycles. The number of hydrogen-bond acceptors (Lipinski definition) is 5. The first-order valence-electron chi connectivity index (χ1n) is 8.61. The molecule has 134 valence electrons. The Bertz CT molecular complexity index is 1090. The lowest BCUT2D eigenvalue weighted by Gasteiger charge is -2.07. The van der Waals surface area contributed by atoms with E-state index in [1.165, 1.54) is 0 Å². The summed E-state index contributed by atoms with van der Waals surface area (Å²) in [5, 5.41) is 8.92. The summed E-state index contributed by atoms with van der Waals surface area (Å²) >= 11 is 0. The van der Waals surface area contributed by atoms with Crippen molar-refractivity contribution in [3.8, 4) is 11.3 Å². The van der Waals surface area contributed by atoms with Gasteiger partial charge in [0.25, 0.3) is 0 Å². The standard InChI is InChI=1S/C20H18N6O/c1-26-13-17(12-24-26)18-8-15-9-19(23-11-16(15)10-22-18)25-20(27)3-2-14-4-6-21-7-5-14/h4-13H,2-3H2,1H3,(H,23,25,27). The Morgan fingerprint density at radius 3 is 2.67 bits per heavy atom. The first-order valence-corrected chi connectivity index (χ1v) is 8.61. The number of aryl methyl sites for hydroxylation is 2. The molecule has 4 heterocycles. The quantitative estimate of drug-likeness (QED) is 0.593. The minimum absolute atomic E-state index is 0.0693. The lowest BCUT2D eigenvalue weighted by Crippen LogP contribution is -2.13. The number of carbonyl (C=O) groups is 1. The summed E-state index contributed by atoms with van der Waals surface area (Å²) in [4.78, 5) is 25.0. The van der Waals surface area contributed by atoms with E-state index in [-0.39, 0.29) is 5.91 Å². The van der Waals surface area contributed by atoms with Gasteiger partial charge >= 0.3 is 0 Å². The van der Waals surface area contributed by atoms with E-state index in [0.29, 0.717) is 18.7 Å². The second-order valence-electron chi connectivity index (χ2n) is 6.29. The van der Waals surface area contributed by atoms with E-state index in [2.05, 4.69) is 25.4 Å². The fourth-order valence-electron chi connectivity index (χ4n) is 2.83. The zero-order chi connectivity index (χ0) is 18.6. The summed E-state index contributed by atoms with van der Waals surface area (Å²) in [5.74, 6) is 0.464. The molecule has 0 aliphatic rings. The van der Waals surface area contributed by atoms with E-state index in [0.717, 1.165) is 27.6 Å². The number of pyridine rings is 3. The van der Waals surface area contributed by atoms with Crippen molar-refractivity contribution < 1.29 is 4.79 Å². The van der Waals surface area contributed by atoms with Crippen LogP contribution in [0.5, 0.6) is 0 Å². The van der Waals surface area contributed by atoms with Crippen LogP contribution in [0.3, 0.4) is 0 Å². The van der Waals surface area contributed by atoms with E-state index in [1.54, 1.807) is 35.7 Å². The third-order valence-electron chi connectivity index (χ3n) is 4.26. The van der Waals surface area contributed by atoms with Crippen LogP contribution >= 0.6 is 0 Å². The van der Waals surface area contributed by atoms with Gasteiger partial charge in [0.15, 0.2) is 0 Å². The lowest BCUT2D eigenvalue weighted by atomic mass is 10.1. The Labute approximate surface area is 156 Å². The van der Waals surface area contributed by atoms with E-state index in [4.69, 9.17) is 0 Å². The SMILES string of the molecule is Cn1cc(-c2cc3cc(NC(=O)CCc4ccncc4)ncc3cn2)cn1. The van der Waals surface area contributed by atoms with Crippen molar-refractivity contribution >= 4 is 22.5 Å². The van der Waals surface area contributed by atoms with Gasteiger partial charge in [0.05, 0.1) is 11.9 Å². The first-order chi connectivity index (χ1) is 13.2. The number of carbonyl (C=O) groups excluding carboxylic acids is 1. The molecule has 0 saturated heterocycles. The molecule has 1 N–H and O–H groups in total. The summed E-state index contributed by atoms with van der Waals surface area (Å²) in [6, 6.07) is 7.66. The van der Waals surface area contributed by atoms with Crippen LogP contribution in [-0.4, -0.2) is 30.6 Å². The van der Waals surface area contributed by atoms with Gasteiger partial charge in [0.2, 0.25) is 5.91 Å². The van der Waals surface area contributed by atoms with Crippen LogP contribution in [0.15, 0.2) is 61.4 Å². The molecule has 4 aromatic rings. The van der Waals surface area contributed by atoms with Crippen molar-refractivity contribution in [2.75, 3.05) is 5.32 Å². The van der Waals surface area contributed by atoms with Crippen molar-refractivity contribution in [2.24, 2.45) is 7.05 Å². The molecule has 7 nitrogen and oxygen atoms in total. The van der Waals surface area contributed by atoms with Crippen LogP contribution in [0, 0.1) is 0 Å². The third kappa shape index (κ3) is 3.98. The number of hydrogen-bond donors (Lipinski definition) is 1. The maximum atomic E-state index is 12.2. The minimum atomic E-state index is -0.0693. The van der Waals surface area contributed by atoms with Crippen molar-refractivity contribution in [2.45, 2.75) is 12.8 Å². The highest BCUT2D eigenvalue weighted by atomic mass is 16.1. The average molecular weight is 358 g/mol. The highest BCUT2D eigenvalue weighted by Crippen LogP contribution is 2.22. The smallest absolute Gasteiger partial charge is 0.225 e. The van der Waals surface area contributed by atoms with Crippen LogP contribution in [0.1, 0.15) is 12.0 Å². The van der Waals surface area contributed by atoms with Gasteiger partial charge in [0, 0.05) is 55.4 Å². The molecule has 7 heteroatoms. The molecule has 0 aliphatic heterocycles. The molecule has 0 aromatic carbocycles. The molecule has 4 aromatic heterocycles. The Morgan fingerprint density at radius 1 is 1.07 bits per heavy atom. The van der Waals surface area contributed by atoms with Crippen molar-refractivity contribution in [3.63, 3.8) is 0 Å². The fourth-order valence-corrected chi connectivity index (χ4v) is 2.83. The van der Waals surface area contributed by atoms with E-state index >= 15 is 0 Å². The van der Waals surface area contributed by atoms with Gasteiger partial charge in [-0.1, -0.05) is 0 Å². The maximum absolute atomic E-state index is 12.2. The maximum Gasteiger partial charge on any atom is 0.225 e. The number of aromatic nitrogens is 5. The molecule has 1 amide bonds. The molecular formula is C20H18N6O. The van der Waals surface area contributed by atoms with Gasteiger partial charge in [0.1, 0.15) is 5.82 Å². The predicted octanol–water partition coefficient (Wildman–Crippen LogP) is 3.00. The third-order valence-corrected chi connectivity index (χ3v) is 4.26. The molecule has 0 bridgehead atoms. The van der Waals surface area contributed by atoms with Gasteiger partial charge in [-0.15, -0.1) is 0 Å². The van der Waals surface area contributed by atoms with E-state index in [9.17, 15) is 4.79 Å². The van der Waals surface area contributed by atoms with Gasteiger partial charge < -0.3 is 5.32 Å². The van der Waals surface area contributed by atoms with Crippen LogP contribution in [0.25, 0.3) is 22.0 Å². The number of amides is 1. The van der Waals surface area contributed by atoms with Crippen LogP contribution < -0.4 is 5.32 Å². The second kappa shape index (κ2) is 7.33. The van der Waals surface area contributed by atoms with Crippen LogP contribution in [0.2, 0.25) is 0 Å². The number of fused-ring (bicyclic) bond motifs is 1. The fraction of sp³-hybridized carbons (Fsp3) is 0.150. The normalized spacial score (nSPS) is 10.9. The minimum Gasteiger partial charge on any atom is -0.311 e. The Kier molecular flexibility index (Phi) is 4.57. The number of nitrogens with zero attached hydrogens (tertiary/aromatic N) is 5. The molecule has 0 atom stereocenters. The average Bonchev–Trinajstić information content (AvgIpc) is 3.13. The van der Waals surface area contributed by atoms with Crippen molar-refractivity contribution in [3.05, 3.63) is 67.0 Å². The lowest BCUT2D eigenvalue weighted by molar-refractivity contribution is -0.116. The summed E-state index contributed by atoms with van der Waals surface area (Å²) in [5.41, 5.74) is 2.86. The van der Waals surface area contributed by atoms with Crippen molar-refractivity contribution in [1.29, 1.82) is 0 Å². The highest BCUT2D eigenvalue weighted by Gasteiger charge is 2.07. The van der Waals surface area contributed by atoms with E-state index < -0.39 is 0 Å². The highest BCUT2D eigenvalue weighted by molar-refractivity contribution is 5.93. The van der Waals surface area contributed by atoms with Gasteiger partial charge in [-0.3, -0.25) is 19.4 Å². The zero-order valence-corrected chi connectivity index (χ0v) is 14.8. The monoisotopic (exact) mass is 358 g/mol. The summed E-state index contributed by atoms with van der Waals surface area (Å²) in [7, 11) is 1.87.